The van der Waals surface area contributed by atoms with E-state index in [4.69, 9.17) is 4.42 Å². The molecule has 0 spiro atoms. The van der Waals surface area contributed by atoms with Crippen LogP contribution >= 0.6 is 0 Å². The number of H-pyrrole nitrogens is 1. The maximum atomic E-state index is 13.0. The van der Waals surface area contributed by atoms with Crippen molar-refractivity contribution in [1.29, 1.82) is 0 Å². The van der Waals surface area contributed by atoms with Crippen molar-refractivity contribution in [3.05, 3.63) is 94.5 Å². The van der Waals surface area contributed by atoms with Crippen molar-refractivity contribution >= 4 is 17.8 Å². The van der Waals surface area contributed by atoms with Gasteiger partial charge in [0.2, 0.25) is 0 Å². The van der Waals surface area contributed by atoms with Gasteiger partial charge < -0.3 is 25.1 Å². The number of anilines is 1. The van der Waals surface area contributed by atoms with Crippen LogP contribution in [0.2, 0.25) is 0 Å². The lowest BCUT2D eigenvalue weighted by molar-refractivity contribution is -0.139. The number of benzene rings is 2. The molecule has 0 bridgehead atoms. The molecule has 180 valence electrons. The number of amides is 1. The third-order valence-electron chi connectivity index (χ3n) is 5.85. The van der Waals surface area contributed by atoms with Crippen molar-refractivity contribution in [3.8, 4) is 11.3 Å². The minimum absolute atomic E-state index is 0.136. The zero-order valence-corrected chi connectivity index (χ0v) is 19.9. The highest BCUT2D eigenvalue weighted by Crippen LogP contribution is 2.27. The average Bonchev–Trinajstić information content (AvgIpc) is 3.51. The molecule has 35 heavy (non-hydrogen) atoms. The molecule has 0 fully saturated rings. The molecule has 2 aromatic heterocycles. The first-order valence-electron chi connectivity index (χ1n) is 11.3. The fourth-order valence-electron chi connectivity index (χ4n) is 4.34. The number of carboxylic acid groups (broad SMARTS) is 1. The minimum Gasteiger partial charge on any atom is -0.480 e. The quantitative estimate of drug-likeness (QED) is 0.282. The predicted molar refractivity (Wildman–Crippen MR) is 133 cm³/mol. The summed E-state index contributed by atoms with van der Waals surface area (Å²) in [6.07, 6.45) is 5.13. The number of aryl methyl sites for hydroxylation is 3. The van der Waals surface area contributed by atoms with Crippen molar-refractivity contribution < 1.29 is 19.1 Å². The second-order valence-corrected chi connectivity index (χ2v) is 8.60. The molecule has 4 aromatic rings. The molecule has 8 nitrogen and oxygen atoms in total. The molecular weight excluding hydrogens is 444 g/mol. The second-order valence-electron chi connectivity index (χ2n) is 8.60. The fourth-order valence-corrected chi connectivity index (χ4v) is 4.34. The van der Waals surface area contributed by atoms with Crippen LogP contribution in [-0.2, 0) is 17.8 Å². The van der Waals surface area contributed by atoms with Crippen LogP contribution in [0.5, 0.6) is 0 Å². The minimum atomic E-state index is -1.09. The molecule has 4 rings (SSSR count). The number of aromatic nitrogens is 2. The lowest BCUT2D eigenvalue weighted by Gasteiger charge is -2.18. The Morgan fingerprint density at radius 3 is 2.51 bits per heavy atom. The van der Waals surface area contributed by atoms with Gasteiger partial charge in [-0.25, -0.2) is 9.78 Å². The Morgan fingerprint density at radius 2 is 1.89 bits per heavy atom. The van der Waals surface area contributed by atoms with Crippen LogP contribution in [0.25, 0.3) is 11.3 Å². The number of nitrogens with zero attached hydrogens (tertiary/aromatic N) is 1. The standard InChI is InChI=1S/C27H28N4O4/c1-16-11-17(2)24(18(3)12-16)25(32)31-22(26(33)34)14-19-6-7-21(23-5-4-10-35-23)20(13-19)15-30-27-28-8-9-29-27/h4-13,22H,14-15H2,1-3H3,(H,31,32)(H,33,34)(H2,28,29,30). The van der Waals surface area contributed by atoms with E-state index in [1.54, 1.807) is 18.7 Å². The van der Waals surface area contributed by atoms with Crippen LogP contribution in [0.1, 0.15) is 38.2 Å². The summed E-state index contributed by atoms with van der Waals surface area (Å²) in [4.78, 5) is 32.3. The topological polar surface area (TPSA) is 120 Å². The number of rotatable bonds is 9. The number of aromatic amines is 1. The zero-order chi connectivity index (χ0) is 24.9. The number of carboxylic acids is 1. The van der Waals surface area contributed by atoms with Crippen LogP contribution in [0.15, 0.2) is 65.5 Å². The number of aliphatic carboxylic acids is 1. The largest absolute Gasteiger partial charge is 0.480 e. The highest BCUT2D eigenvalue weighted by atomic mass is 16.4. The number of nitrogens with one attached hydrogen (secondary N) is 3. The van der Waals surface area contributed by atoms with E-state index in [0.29, 0.717) is 23.8 Å². The highest BCUT2D eigenvalue weighted by Gasteiger charge is 2.23. The first-order chi connectivity index (χ1) is 16.8. The molecule has 0 saturated carbocycles. The van der Waals surface area contributed by atoms with Gasteiger partial charge in [-0.05, 0) is 55.2 Å². The Kier molecular flexibility index (Phi) is 7.01. The Balaban J connectivity index is 1.57. The molecule has 0 aliphatic rings. The molecule has 1 amide bonds. The summed E-state index contributed by atoms with van der Waals surface area (Å²) in [6.45, 7) is 6.13. The van der Waals surface area contributed by atoms with Crippen LogP contribution in [0, 0.1) is 20.8 Å². The number of hydrogen-bond acceptors (Lipinski definition) is 5. The molecule has 1 atom stereocenters. The van der Waals surface area contributed by atoms with Crippen molar-refractivity contribution in [2.24, 2.45) is 0 Å². The summed E-state index contributed by atoms with van der Waals surface area (Å²) in [5.41, 5.74) is 5.78. The van der Waals surface area contributed by atoms with E-state index in [-0.39, 0.29) is 12.3 Å². The van der Waals surface area contributed by atoms with Gasteiger partial charge >= 0.3 is 5.97 Å². The lowest BCUT2D eigenvalue weighted by Crippen LogP contribution is -2.42. The third-order valence-corrected chi connectivity index (χ3v) is 5.85. The number of furan rings is 1. The van der Waals surface area contributed by atoms with E-state index in [0.717, 1.165) is 33.4 Å². The molecule has 0 aliphatic heterocycles. The summed E-state index contributed by atoms with van der Waals surface area (Å²) in [5.74, 6) is -0.146. The van der Waals surface area contributed by atoms with E-state index in [1.807, 2.05) is 63.2 Å². The smallest absolute Gasteiger partial charge is 0.326 e. The predicted octanol–water partition coefficient (Wildman–Crippen LogP) is 4.63. The van der Waals surface area contributed by atoms with Crippen molar-refractivity contribution in [3.63, 3.8) is 0 Å². The van der Waals surface area contributed by atoms with Crippen molar-refractivity contribution in [1.82, 2.24) is 15.3 Å². The fraction of sp³-hybridized carbons (Fsp3) is 0.222. The number of hydrogen-bond donors (Lipinski definition) is 4. The first-order valence-corrected chi connectivity index (χ1v) is 11.3. The van der Waals surface area contributed by atoms with Gasteiger partial charge in [0.05, 0.1) is 6.26 Å². The molecule has 4 N–H and O–H groups in total. The van der Waals surface area contributed by atoms with Crippen LogP contribution in [-0.4, -0.2) is 33.0 Å². The summed E-state index contributed by atoms with van der Waals surface area (Å²) in [7, 11) is 0. The van der Waals surface area contributed by atoms with Crippen LogP contribution in [0.3, 0.4) is 0 Å². The summed E-state index contributed by atoms with van der Waals surface area (Å²) < 4.78 is 5.59. The molecule has 2 heterocycles. The second kappa shape index (κ2) is 10.3. The van der Waals surface area contributed by atoms with Gasteiger partial charge in [0.25, 0.3) is 5.91 Å². The van der Waals surface area contributed by atoms with Gasteiger partial charge in [-0.15, -0.1) is 0 Å². The van der Waals surface area contributed by atoms with E-state index >= 15 is 0 Å². The van der Waals surface area contributed by atoms with Gasteiger partial charge in [0.1, 0.15) is 11.8 Å². The molecule has 0 aliphatic carbocycles. The molecule has 1 unspecified atom stereocenters. The molecule has 0 radical (unpaired) electrons. The Hall–Kier alpha value is -4.33. The van der Waals surface area contributed by atoms with E-state index in [9.17, 15) is 14.7 Å². The number of imidazole rings is 1. The van der Waals surface area contributed by atoms with Gasteiger partial charge in [-0.3, -0.25) is 4.79 Å². The third kappa shape index (κ3) is 5.60. The van der Waals surface area contributed by atoms with Crippen molar-refractivity contribution in [2.75, 3.05) is 5.32 Å². The van der Waals surface area contributed by atoms with Gasteiger partial charge in [0.15, 0.2) is 5.95 Å². The van der Waals surface area contributed by atoms with Gasteiger partial charge in [0, 0.05) is 36.5 Å². The maximum absolute atomic E-state index is 13.0. The van der Waals surface area contributed by atoms with Crippen molar-refractivity contribution in [2.45, 2.75) is 39.8 Å². The summed E-state index contributed by atoms with van der Waals surface area (Å²) in [6, 6.07) is 12.1. The van der Waals surface area contributed by atoms with Crippen LogP contribution < -0.4 is 10.6 Å². The average molecular weight is 473 g/mol. The monoisotopic (exact) mass is 472 g/mol. The zero-order valence-electron chi connectivity index (χ0n) is 19.9. The summed E-state index contributed by atoms with van der Waals surface area (Å²) in [5, 5.41) is 15.8. The maximum Gasteiger partial charge on any atom is 0.326 e. The normalized spacial score (nSPS) is 11.7. The molecule has 0 saturated heterocycles. The Bertz CT molecular complexity index is 1300. The Labute approximate surface area is 203 Å². The highest BCUT2D eigenvalue weighted by molar-refractivity contribution is 5.99. The molecular formula is C27H28N4O4. The summed E-state index contributed by atoms with van der Waals surface area (Å²) >= 11 is 0. The van der Waals surface area contributed by atoms with E-state index < -0.39 is 12.0 Å². The SMILES string of the molecule is Cc1cc(C)c(C(=O)NC(Cc2ccc(-c3ccco3)c(CNc3ncc[nH]3)c2)C(=O)O)c(C)c1. The van der Waals surface area contributed by atoms with Gasteiger partial charge in [-0.1, -0.05) is 35.9 Å². The van der Waals surface area contributed by atoms with E-state index in [2.05, 4.69) is 20.6 Å². The first kappa shape index (κ1) is 23.8. The van der Waals surface area contributed by atoms with Gasteiger partial charge in [-0.2, -0.15) is 0 Å². The molecule has 8 heteroatoms. The Morgan fingerprint density at radius 1 is 1.11 bits per heavy atom. The lowest BCUT2D eigenvalue weighted by atomic mass is 9.96. The van der Waals surface area contributed by atoms with E-state index in [1.165, 1.54) is 0 Å². The molecule has 2 aromatic carbocycles. The number of carbonyl (C=O) groups excluding carboxylic acids is 1. The number of carbonyl (C=O) groups is 2. The van der Waals surface area contributed by atoms with Crippen LogP contribution in [0.4, 0.5) is 5.95 Å².